The predicted molar refractivity (Wildman–Crippen MR) is 119 cm³/mol. The Morgan fingerprint density at radius 2 is 1.88 bits per heavy atom. The van der Waals surface area contributed by atoms with Crippen LogP contribution in [0.2, 0.25) is 0 Å². The number of carbonyl (C=O) groups is 1. The van der Waals surface area contributed by atoms with Crippen LogP contribution in [0.15, 0.2) is 24.4 Å². The summed E-state index contributed by atoms with van der Waals surface area (Å²) in [6.07, 6.45) is -1.69. The van der Waals surface area contributed by atoms with Crippen molar-refractivity contribution in [3.8, 4) is 0 Å². The van der Waals surface area contributed by atoms with Gasteiger partial charge in [0.25, 0.3) is 5.91 Å². The highest BCUT2D eigenvalue weighted by molar-refractivity contribution is 5.92. The first kappa shape index (κ1) is 23.5. The highest BCUT2D eigenvalue weighted by atomic mass is 19.4. The van der Waals surface area contributed by atoms with Crippen LogP contribution in [0.4, 0.5) is 19.0 Å². The number of alkyl halides is 3. The van der Waals surface area contributed by atoms with E-state index < -0.39 is 17.3 Å². The van der Waals surface area contributed by atoms with Crippen LogP contribution in [-0.4, -0.2) is 65.0 Å². The van der Waals surface area contributed by atoms with Gasteiger partial charge in [0, 0.05) is 56.9 Å². The number of hydrogen-bond acceptors (Lipinski definition) is 5. The predicted octanol–water partition coefficient (Wildman–Crippen LogP) is 3.31. The molecule has 0 aromatic carbocycles. The Hall–Kier alpha value is -2.62. The molecule has 2 unspecified atom stereocenters. The lowest BCUT2D eigenvalue weighted by Gasteiger charge is -2.36. The first-order valence-electron chi connectivity index (χ1n) is 11.4. The van der Waals surface area contributed by atoms with Gasteiger partial charge in [-0.15, -0.1) is 0 Å². The van der Waals surface area contributed by atoms with Crippen LogP contribution < -0.4 is 10.2 Å². The Morgan fingerprint density at radius 3 is 2.48 bits per heavy atom. The summed E-state index contributed by atoms with van der Waals surface area (Å²) in [6, 6.07) is 4.61. The highest BCUT2D eigenvalue weighted by Crippen LogP contribution is 2.39. The zero-order chi connectivity index (χ0) is 23.8. The molecular formula is C23H31F3N6O. The fourth-order valence-electron chi connectivity index (χ4n) is 4.14. The summed E-state index contributed by atoms with van der Waals surface area (Å²) in [6.45, 7) is 9.85. The molecule has 0 bridgehead atoms. The number of piperazine rings is 1. The lowest BCUT2D eigenvalue weighted by molar-refractivity contribution is -0.141. The summed E-state index contributed by atoms with van der Waals surface area (Å²) in [7, 11) is 0. The summed E-state index contributed by atoms with van der Waals surface area (Å²) in [5.74, 6) is 1.49. The zero-order valence-electron chi connectivity index (χ0n) is 19.2. The molecule has 7 nitrogen and oxygen atoms in total. The van der Waals surface area contributed by atoms with Crippen molar-refractivity contribution in [1.29, 1.82) is 0 Å². The fourth-order valence-corrected chi connectivity index (χ4v) is 4.14. The molecule has 3 heterocycles. The van der Waals surface area contributed by atoms with Gasteiger partial charge in [-0.05, 0) is 30.4 Å². The van der Waals surface area contributed by atoms with E-state index in [1.165, 1.54) is 0 Å². The smallest absolute Gasteiger partial charge is 0.357 e. The average Bonchev–Trinajstić information content (AvgIpc) is 3.25. The molecule has 2 fully saturated rings. The summed E-state index contributed by atoms with van der Waals surface area (Å²) >= 11 is 0. The number of halogens is 3. The van der Waals surface area contributed by atoms with Crippen LogP contribution >= 0.6 is 0 Å². The quantitative estimate of drug-likeness (QED) is 0.686. The molecule has 2 aromatic heterocycles. The second-order valence-electron chi connectivity index (χ2n) is 10.0. The molecule has 1 aliphatic carbocycles. The van der Waals surface area contributed by atoms with E-state index >= 15 is 0 Å². The van der Waals surface area contributed by atoms with Gasteiger partial charge in [0.1, 0.15) is 23.0 Å². The van der Waals surface area contributed by atoms with Crippen molar-refractivity contribution in [2.75, 3.05) is 44.2 Å². The average molecular weight is 465 g/mol. The second-order valence-corrected chi connectivity index (χ2v) is 10.0. The number of nitrogens with zero attached hydrogens (tertiary/aromatic N) is 4. The summed E-state index contributed by atoms with van der Waals surface area (Å²) in [4.78, 5) is 27.5. The summed E-state index contributed by atoms with van der Waals surface area (Å²) in [5, 5.41) is 2.97. The maximum atomic E-state index is 13.4. The number of carbonyl (C=O) groups excluding carboxylic acids is 1. The van der Waals surface area contributed by atoms with Gasteiger partial charge in [-0.1, -0.05) is 20.8 Å². The van der Waals surface area contributed by atoms with Gasteiger partial charge in [0.2, 0.25) is 0 Å². The molecule has 1 aliphatic heterocycles. The van der Waals surface area contributed by atoms with E-state index in [9.17, 15) is 18.0 Å². The maximum absolute atomic E-state index is 13.4. The molecule has 33 heavy (non-hydrogen) atoms. The summed E-state index contributed by atoms with van der Waals surface area (Å²) in [5.41, 5.74) is -0.895. The minimum absolute atomic E-state index is 0.0861. The number of hydrogen-bond donors (Lipinski definition) is 2. The zero-order valence-corrected chi connectivity index (χ0v) is 19.2. The lowest BCUT2D eigenvalue weighted by atomic mass is 9.95. The molecule has 2 atom stereocenters. The van der Waals surface area contributed by atoms with E-state index in [0.717, 1.165) is 32.1 Å². The third-order valence-corrected chi connectivity index (χ3v) is 6.30. The van der Waals surface area contributed by atoms with Crippen molar-refractivity contribution in [2.24, 2.45) is 11.8 Å². The second kappa shape index (κ2) is 8.96. The minimum atomic E-state index is -4.50. The van der Waals surface area contributed by atoms with E-state index in [1.54, 1.807) is 18.3 Å². The number of amides is 1. The number of H-pyrrole nitrogens is 1. The summed E-state index contributed by atoms with van der Waals surface area (Å²) < 4.78 is 40.2. The topological polar surface area (TPSA) is 77.2 Å². The number of aromatic amines is 1. The van der Waals surface area contributed by atoms with Gasteiger partial charge >= 0.3 is 6.18 Å². The van der Waals surface area contributed by atoms with E-state index in [0.29, 0.717) is 43.0 Å². The molecule has 1 saturated carbocycles. The Labute approximate surface area is 191 Å². The normalized spacial score (nSPS) is 21.8. The molecule has 180 valence electrons. The standard InChI is InChI=1S/C23H31F3N6O/c1-22(2,3)21-29-18(23(24,25)26)12-19(30-21)32-9-7-31(8-10-32)14-16-11-15(16)13-28-20(33)17-5-4-6-27-17/h4-6,12,15-16,27H,7-11,13-14H2,1-3H3,(H,28,33). The first-order chi connectivity index (χ1) is 15.5. The highest BCUT2D eigenvalue weighted by Gasteiger charge is 2.39. The van der Waals surface area contributed by atoms with Crippen LogP contribution in [-0.2, 0) is 11.6 Å². The van der Waals surface area contributed by atoms with Crippen LogP contribution in [0.3, 0.4) is 0 Å². The molecule has 0 radical (unpaired) electrons. The minimum Gasteiger partial charge on any atom is -0.357 e. The number of nitrogens with one attached hydrogen (secondary N) is 2. The Morgan fingerprint density at radius 1 is 1.15 bits per heavy atom. The SMILES string of the molecule is CC(C)(C)c1nc(N2CCN(CC3CC3CNC(=O)c3ccc[nH]3)CC2)cc(C(F)(F)F)n1. The Bertz CT molecular complexity index is 929. The van der Waals surface area contributed by atoms with Crippen LogP contribution in [0, 0.1) is 11.8 Å². The fraction of sp³-hybridized carbons (Fsp3) is 0.609. The van der Waals surface area contributed by atoms with Gasteiger partial charge in [-0.2, -0.15) is 13.2 Å². The van der Waals surface area contributed by atoms with Crippen molar-refractivity contribution in [1.82, 2.24) is 25.2 Å². The molecule has 1 amide bonds. The van der Waals surface area contributed by atoms with Crippen LogP contribution in [0.1, 0.15) is 49.2 Å². The van der Waals surface area contributed by atoms with Gasteiger partial charge in [-0.3, -0.25) is 9.69 Å². The van der Waals surface area contributed by atoms with Crippen molar-refractivity contribution < 1.29 is 18.0 Å². The third kappa shape index (κ3) is 5.85. The van der Waals surface area contributed by atoms with E-state index in [1.807, 2.05) is 25.7 Å². The Balaban J connectivity index is 1.28. The van der Waals surface area contributed by atoms with Crippen molar-refractivity contribution in [2.45, 2.75) is 38.8 Å². The largest absolute Gasteiger partial charge is 0.433 e. The van der Waals surface area contributed by atoms with Crippen molar-refractivity contribution >= 4 is 11.7 Å². The Kier molecular flexibility index (Phi) is 6.39. The molecular weight excluding hydrogens is 433 g/mol. The lowest BCUT2D eigenvalue weighted by Crippen LogP contribution is -2.47. The van der Waals surface area contributed by atoms with Crippen LogP contribution in [0.25, 0.3) is 0 Å². The molecule has 0 spiro atoms. The van der Waals surface area contributed by atoms with Gasteiger partial charge in [-0.25, -0.2) is 9.97 Å². The van der Waals surface area contributed by atoms with Crippen molar-refractivity contribution in [3.05, 3.63) is 41.6 Å². The molecule has 4 rings (SSSR count). The number of rotatable bonds is 6. The molecule has 2 N–H and O–H groups in total. The molecule has 2 aliphatic rings. The van der Waals surface area contributed by atoms with Crippen molar-refractivity contribution in [3.63, 3.8) is 0 Å². The molecule has 10 heteroatoms. The molecule has 2 aromatic rings. The van der Waals surface area contributed by atoms with E-state index in [2.05, 4.69) is 25.2 Å². The van der Waals surface area contributed by atoms with Gasteiger partial charge < -0.3 is 15.2 Å². The first-order valence-corrected chi connectivity index (χ1v) is 11.4. The van der Waals surface area contributed by atoms with Gasteiger partial charge in [0.15, 0.2) is 0 Å². The molecule has 1 saturated heterocycles. The number of aromatic nitrogens is 3. The monoisotopic (exact) mass is 464 g/mol. The van der Waals surface area contributed by atoms with Gasteiger partial charge in [0.05, 0.1) is 0 Å². The van der Waals surface area contributed by atoms with E-state index in [4.69, 9.17) is 0 Å². The van der Waals surface area contributed by atoms with Crippen LogP contribution in [0.5, 0.6) is 0 Å². The maximum Gasteiger partial charge on any atom is 0.433 e. The third-order valence-electron chi connectivity index (χ3n) is 6.30. The van der Waals surface area contributed by atoms with E-state index in [-0.39, 0.29) is 11.7 Å². The number of anilines is 1.